The lowest BCUT2D eigenvalue weighted by atomic mass is 10.1. The van der Waals surface area contributed by atoms with E-state index in [0.717, 1.165) is 36.1 Å². The molecular formula is C21H29N3O. The van der Waals surface area contributed by atoms with E-state index in [9.17, 15) is 4.79 Å². The smallest absolute Gasteiger partial charge is 0.220 e. The van der Waals surface area contributed by atoms with Crippen molar-refractivity contribution in [2.24, 2.45) is 11.8 Å². The van der Waals surface area contributed by atoms with E-state index in [0.29, 0.717) is 12.3 Å². The molecule has 2 bridgehead atoms. The van der Waals surface area contributed by atoms with Gasteiger partial charge in [-0.25, -0.2) is 4.98 Å². The van der Waals surface area contributed by atoms with Gasteiger partial charge in [0.2, 0.25) is 5.91 Å². The van der Waals surface area contributed by atoms with Crippen molar-refractivity contribution in [3.8, 4) is 0 Å². The molecule has 4 nitrogen and oxygen atoms in total. The van der Waals surface area contributed by atoms with Gasteiger partial charge in [0.05, 0.1) is 11.7 Å². The summed E-state index contributed by atoms with van der Waals surface area (Å²) < 4.78 is 2.45. The van der Waals surface area contributed by atoms with Gasteiger partial charge in [0, 0.05) is 24.0 Å². The molecule has 3 atom stereocenters. The summed E-state index contributed by atoms with van der Waals surface area (Å²) in [6, 6.07) is 6.49. The van der Waals surface area contributed by atoms with Crippen LogP contribution in [0.4, 0.5) is 0 Å². The van der Waals surface area contributed by atoms with E-state index >= 15 is 0 Å². The summed E-state index contributed by atoms with van der Waals surface area (Å²) in [6.07, 6.45) is 5.41. The monoisotopic (exact) mass is 339 g/mol. The first-order chi connectivity index (χ1) is 12.0. The molecule has 2 aromatic heterocycles. The summed E-state index contributed by atoms with van der Waals surface area (Å²) in [5, 5.41) is 4.33. The minimum atomic E-state index is -0.0423. The number of carbonyl (C=O) groups is 1. The van der Waals surface area contributed by atoms with Crippen molar-refractivity contribution in [3.63, 3.8) is 0 Å². The lowest BCUT2D eigenvalue weighted by Crippen LogP contribution is -2.27. The van der Waals surface area contributed by atoms with Crippen molar-refractivity contribution >= 4 is 16.9 Å². The summed E-state index contributed by atoms with van der Waals surface area (Å²) in [4.78, 5) is 17.1. The highest BCUT2D eigenvalue weighted by molar-refractivity contribution is 5.79. The number of pyridine rings is 1. The van der Waals surface area contributed by atoms with Crippen LogP contribution in [0.5, 0.6) is 0 Å². The zero-order chi connectivity index (χ0) is 17.6. The standard InChI is InChI=1S/C21H29N3O/c1-13(2)19-11-16-8-9-18-14(3)22-20(25)7-5-4-6-15-10-17(15)12-24(19)21(16)23-18/h8-9,11,13-15,17H,4-7,10,12H2,1-3H3,(H,22,25). The zero-order valence-corrected chi connectivity index (χ0v) is 15.6. The van der Waals surface area contributed by atoms with Gasteiger partial charge in [-0.1, -0.05) is 26.7 Å². The largest absolute Gasteiger partial charge is 0.348 e. The van der Waals surface area contributed by atoms with Gasteiger partial charge in [0.25, 0.3) is 0 Å². The molecule has 4 rings (SSSR count). The van der Waals surface area contributed by atoms with Crippen molar-refractivity contribution in [1.82, 2.24) is 14.9 Å². The van der Waals surface area contributed by atoms with Gasteiger partial charge >= 0.3 is 0 Å². The van der Waals surface area contributed by atoms with Crippen molar-refractivity contribution < 1.29 is 4.79 Å². The highest BCUT2D eigenvalue weighted by Gasteiger charge is 2.37. The maximum atomic E-state index is 12.2. The average molecular weight is 339 g/mol. The van der Waals surface area contributed by atoms with E-state index in [4.69, 9.17) is 4.98 Å². The van der Waals surface area contributed by atoms with Crippen LogP contribution in [0.1, 0.15) is 76.2 Å². The average Bonchev–Trinajstić information content (AvgIpc) is 3.21. The van der Waals surface area contributed by atoms with Gasteiger partial charge in [-0.05, 0) is 55.7 Å². The van der Waals surface area contributed by atoms with Crippen molar-refractivity contribution in [3.05, 3.63) is 29.6 Å². The third-order valence-corrected chi connectivity index (χ3v) is 5.93. The molecule has 0 saturated heterocycles. The summed E-state index contributed by atoms with van der Waals surface area (Å²) in [5.41, 5.74) is 3.43. The van der Waals surface area contributed by atoms with Gasteiger partial charge in [0.1, 0.15) is 5.65 Å². The number of hydrogen-bond donors (Lipinski definition) is 1. The molecule has 2 aliphatic rings. The molecule has 3 heterocycles. The molecule has 2 aromatic rings. The SMILES string of the molecule is CC(C)c1cc2ccc3nc2n1CC1CC1CCCCC(=O)NC3C. The van der Waals surface area contributed by atoms with Crippen molar-refractivity contribution in [2.45, 2.75) is 71.4 Å². The Morgan fingerprint density at radius 2 is 2.08 bits per heavy atom. The molecular weight excluding hydrogens is 310 g/mol. The van der Waals surface area contributed by atoms with E-state index < -0.39 is 0 Å². The molecule has 0 spiro atoms. The second kappa shape index (κ2) is 6.47. The maximum Gasteiger partial charge on any atom is 0.220 e. The van der Waals surface area contributed by atoms with Gasteiger partial charge in [-0.3, -0.25) is 4.79 Å². The van der Waals surface area contributed by atoms with Crippen LogP contribution in [0, 0.1) is 11.8 Å². The summed E-state index contributed by atoms with van der Waals surface area (Å²) >= 11 is 0. The molecule has 1 aliphatic carbocycles. The first-order valence-electron chi connectivity index (χ1n) is 9.82. The Balaban J connectivity index is 1.76. The molecule has 25 heavy (non-hydrogen) atoms. The first-order valence-corrected chi connectivity index (χ1v) is 9.82. The molecule has 4 heteroatoms. The van der Waals surface area contributed by atoms with Crippen molar-refractivity contribution in [1.29, 1.82) is 0 Å². The van der Waals surface area contributed by atoms with E-state index in [1.54, 1.807) is 0 Å². The van der Waals surface area contributed by atoms with Crippen LogP contribution >= 0.6 is 0 Å². The number of nitrogens with one attached hydrogen (secondary N) is 1. The fourth-order valence-corrected chi connectivity index (χ4v) is 4.28. The summed E-state index contributed by atoms with van der Waals surface area (Å²) in [7, 11) is 0. The second-order valence-electron chi connectivity index (χ2n) is 8.27. The highest BCUT2D eigenvalue weighted by Crippen LogP contribution is 2.44. The van der Waals surface area contributed by atoms with Crippen LogP contribution in [-0.2, 0) is 11.3 Å². The normalized spacial score (nSPS) is 27.2. The van der Waals surface area contributed by atoms with Crippen LogP contribution in [0.25, 0.3) is 11.0 Å². The summed E-state index contributed by atoms with van der Waals surface area (Å²) in [6.45, 7) is 7.65. The van der Waals surface area contributed by atoms with Gasteiger partial charge in [0.15, 0.2) is 0 Å². The molecule has 0 aromatic carbocycles. The van der Waals surface area contributed by atoms with Crippen LogP contribution in [-0.4, -0.2) is 15.5 Å². The fraction of sp³-hybridized carbons (Fsp3) is 0.619. The predicted molar refractivity (Wildman–Crippen MR) is 100 cm³/mol. The van der Waals surface area contributed by atoms with E-state index in [1.807, 2.05) is 6.92 Å². The topological polar surface area (TPSA) is 46.9 Å². The highest BCUT2D eigenvalue weighted by atomic mass is 16.1. The molecule has 134 valence electrons. The molecule has 1 amide bonds. The number of carbonyl (C=O) groups excluding carboxylic acids is 1. The maximum absolute atomic E-state index is 12.2. The molecule has 0 radical (unpaired) electrons. The van der Waals surface area contributed by atoms with E-state index in [2.05, 4.69) is 41.9 Å². The second-order valence-corrected chi connectivity index (χ2v) is 8.27. The zero-order valence-electron chi connectivity index (χ0n) is 15.6. The minimum absolute atomic E-state index is 0.0423. The van der Waals surface area contributed by atoms with Crippen molar-refractivity contribution in [2.75, 3.05) is 0 Å². The van der Waals surface area contributed by atoms with Gasteiger partial charge < -0.3 is 9.88 Å². The third-order valence-electron chi connectivity index (χ3n) is 5.93. The molecule has 3 unspecified atom stereocenters. The van der Waals surface area contributed by atoms with E-state index in [-0.39, 0.29) is 11.9 Å². The quantitative estimate of drug-likeness (QED) is 0.828. The first kappa shape index (κ1) is 16.6. The van der Waals surface area contributed by atoms with Crippen LogP contribution in [0.2, 0.25) is 0 Å². The minimum Gasteiger partial charge on any atom is -0.348 e. The Hall–Kier alpha value is -1.84. The number of amides is 1. The predicted octanol–water partition coefficient (Wildman–Crippen LogP) is 4.55. The number of nitrogens with zero attached hydrogens (tertiary/aromatic N) is 2. The lowest BCUT2D eigenvalue weighted by molar-refractivity contribution is -0.121. The number of aromatic nitrogens is 2. The fourth-order valence-electron chi connectivity index (χ4n) is 4.28. The Morgan fingerprint density at radius 1 is 1.24 bits per heavy atom. The third kappa shape index (κ3) is 3.31. The Kier molecular flexibility index (Phi) is 4.30. The molecule has 1 N–H and O–H groups in total. The summed E-state index contributed by atoms with van der Waals surface area (Å²) in [5.74, 6) is 2.27. The lowest BCUT2D eigenvalue weighted by Gasteiger charge is -2.16. The number of rotatable bonds is 1. The molecule has 1 fully saturated rings. The van der Waals surface area contributed by atoms with Crippen LogP contribution in [0.3, 0.4) is 0 Å². The molecule has 1 saturated carbocycles. The van der Waals surface area contributed by atoms with E-state index in [1.165, 1.54) is 30.3 Å². The Morgan fingerprint density at radius 3 is 2.88 bits per heavy atom. The Bertz CT molecular complexity index is 792. The van der Waals surface area contributed by atoms with Crippen LogP contribution in [0.15, 0.2) is 18.2 Å². The number of hydrogen-bond acceptors (Lipinski definition) is 2. The van der Waals surface area contributed by atoms with Gasteiger partial charge in [-0.2, -0.15) is 0 Å². The van der Waals surface area contributed by atoms with Crippen LogP contribution < -0.4 is 5.32 Å². The Labute approximate surface area is 150 Å². The number of fused-ring (bicyclic) bond motifs is 2. The molecule has 1 aliphatic heterocycles. The van der Waals surface area contributed by atoms with Gasteiger partial charge in [-0.15, -0.1) is 0 Å².